The van der Waals surface area contributed by atoms with Gasteiger partial charge in [0.2, 0.25) is 0 Å². The summed E-state index contributed by atoms with van der Waals surface area (Å²) in [5.74, 6) is 0.741. The fourth-order valence-electron chi connectivity index (χ4n) is 1.91. The molecule has 3 aromatic rings. The molecule has 96 valence electrons. The Balaban J connectivity index is 1.88. The van der Waals surface area contributed by atoms with Gasteiger partial charge >= 0.3 is 0 Å². The molecule has 1 atom stereocenters. The van der Waals surface area contributed by atoms with Crippen molar-refractivity contribution in [3.8, 4) is 0 Å². The number of H-pyrrole nitrogens is 1. The monoisotopic (exact) mass is 273 g/mol. The summed E-state index contributed by atoms with van der Waals surface area (Å²) in [4.78, 5) is 15.5. The molecule has 2 N–H and O–H groups in total. The van der Waals surface area contributed by atoms with E-state index >= 15 is 0 Å². The Labute approximate surface area is 115 Å². The van der Waals surface area contributed by atoms with E-state index in [1.807, 2.05) is 24.3 Å². The Bertz CT molecular complexity index is 692. The minimum atomic E-state index is 0.110. The lowest BCUT2D eigenvalue weighted by atomic mass is 10.1. The number of aromatic nitrogens is 4. The lowest BCUT2D eigenvalue weighted by Crippen LogP contribution is -2.08. The molecule has 0 saturated carbocycles. The van der Waals surface area contributed by atoms with Gasteiger partial charge in [-0.3, -0.25) is 0 Å². The minimum Gasteiger partial charge on any atom is -0.362 e. The van der Waals surface area contributed by atoms with Crippen LogP contribution in [-0.2, 0) is 0 Å². The van der Waals surface area contributed by atoms with Gasteiger partial charge in [-0.2, -0.15) is 0 Å². The summed E-state index contributed by atoms with van der Waals surface area (Å²) in [6.45, 7) is 2.06. The van der Waals surface area contributed by atoms with Crippen molar-refractivity contribution in [2.45, 2.75) is 13.0 Å². The van der Waals surface area contributed by atoms with E-state index in [9.17, 15) is 0 Å². The second kappa shape index (κ2) is 4.85. The number of benzene rings is 1. The summed E-state index contributed by atoms with van der Waals surface area (Å²) in [6.07, 6.45) is 3.11. The molecular weight excluding hydrogens is 262 g/mol. The number of nitrogens with zero attached hydrogens (tertiary/aromatic N) is 3. The number of nitrogens with one attached hydrogen (secondary N) is 2. The second-order valence-corrected chi connectivity index (χ2v) is 4.68. The lowest BCUT2D eigenvalue weighted by molar-refractivity contribution is 0.875. The molecule has 0 aliphatic carbocycles. The highest BCUT2D eigenvalue weighted by Gasteiger charge is 2.10. The van der Waals surface area contributed by atoms with Crippen LogP contribution in [0.5, 0.6) is 0 Å². The zero-order valence-electron chi connectivity index (χ0n) is 10.3. The molecule has 0 unspecified atom stereocenters. The number of rotatable bonds is 3. The number of halogens is 1. The smallest absolute Gasteiger partial charge is 0.182 e. The Morgan fingerprint density at radius 1 is 1.16 bits per heavy atom. The molecule has 0 fully saturated rings. The van der Waals surface area contributed by atoms with Crippen LogP contribution in [0.25, 0.3) is 11.2 Å². The third-order valence-electron chi connectivity index (χ3n) is 2.95. The van der Waals surface area contributed by atoms with Crippen LogP contribution in [0.1, 0.15) is 18.5 Å². The normalized spacial score (nSPS) is 12.5. The van der Waals surface area contributed by atoms with Gasteiger partial charge in [0.25, 0.3) is 0 Å². The van der Waals surface area contributed by atoms with Crippen LogP contribution in [0.4, 0.5) is 5.82 Å². The molecule has 2 aromatic heterocycles. The quantitative estimate of drug-likeness (QED) is 0.769. The lowest BCUT2D eigenvalue weighted by Gasteiger charge is -2.15. The largest absolute Gasteiger partial charge is 0.362 e. The van der Waals surface area contributed by atoms with E-state index < -0.39 is 0 Å². The Kier molecular flexibility index (Phi) is 3.05. The number of aromatic amines is 1. The molecule has 3 rings (SSSR count). The third kappa shape index (κ3) is 2.37. The van der Waals surface area contributed by atoms with E-state index in [0.29, 0.717) is 5.65 Å². The van der Waals surface area contributed by atoms with Gasteiger partial charge in [0.15, 0.2) is 11.5 Å². The predicted octanol–water partition coefficient (Wildman–Crippen LogP) is 3.18. The summed E-state index contributed by atoms with van der Waals surface area (Å²) in [6, 6.07) is 7.84. The van der Waals surface area contributed by atoms with Crippen LogP contribution in [0.3, 0.4) is 0 Å². The van der Waals surface area contributed by atoms with Crippen LogP contribution >= 0.6 is 11.6 Å². The molecule has 0 radical (unpaired) electrons. The average Bonchev–Trinajstić information content (AvgIpc) is 2.89. The van der Waals surface area contributed by atoms with Gasteiger partial charge in [-0.1, -0.05) is 23.7 Å². The van der Waals surface area contributed by atoms with Crippen LogP contribution in [0.15, 0.2) is 36.9 Å². The summed E-state index contributed by atoms with van der Waals surface area (Å²) in [7, 11) is 0. The standard InChI is InChI=1S/C13H12ClN5/c1-8(9-2-4-10(14)5-3-9)19-13-11-12(16-6-15-11)17-7-18-13/h2-8H,1H3,(H2,15,16,17,18,19)/t8-/m1/s1. The number of hydrogen-bond donors (Lipinski definition) is 2. The van der Waals surface area contributed by atoms with Crippen molar-refractivity contribution in [2.24, 2.45) is 0 Å². The van der Waals surface area contributed by atoms with Crippen LogP contribution in [-0.4, -0.2) is 19.9 Å². The van der Waals surface area contributed by atoms with Gasteiger partial charge < -0.3 is 10.3 Å². The van der Waals surface area contributed by atoms with Crippen molar-refractivity contribution in [1.29, 1.82) is 0 Å². The molecule has 2 heterocycles. The maximum absolute atomic E-state index is 5.89. The number of hydrogen-bond acceptors (Lipinski definition) is 4. The topological polar surface area (TPSA) is 66.5 Å². The molecule has 0 bridgehead atoms. The maximum Gasteiger partial charge on any atom is 0.182 e. The highest BCUT2D eigenvalue weighted by atomic mass is 35.5. The minimum absolute atomic E-state index is 0.110. The first-order chi connectivity index (χ1) is 9.24. The van der Waals surface area contributed by atoms with E-state index in [4.69, 9.17) is 11.6 Å². The zero-order chi connectivity index (χ0) is 13.2. The SMILES string of the molecule is C[C@@H](Nc1ncnc2nc[nH]c12)c1ccc(Cl)cc1. The Hall–Kier alpha value is -2.14. The first kappa shape index (κ1) is 11.9. The fourth-order valence-corrected chi connectivity index (χ4v) is 2.04. The molecule has 0 amide bonds. The van der Waals surface area contributed by atoms with Crippen molar-refractivity contribution in [1.82, 2.24) is 19.9 Å². The molecule has 0 spiro atoms. The predicted molar refractivity (Wildman–Crippen MR) is 75.2 cm³/mol. The molecule has 0 aliphatic heterocycles. The molecule has 6 heteroatoms. The first-order valence-corrected chi connectivity index (χ1v) is 6.28. The van der Waals surface area contributed by atoms with Gasteiger partial charge in [-0.05, 0) is 24.6 Å². The van der Waals surface area contributed by atoms with E-state index in [-0.39, 0.29) is 6.04 Å². The highest BCUT2D eigenvalue weighted by molar-refractivity contribution is 6.30. The van der Waals surface area contributed by atoms with Gasteiger partial charge in [-0.25, -0.2) is 15.0 Å². The van der Waals surface area contributed by atoms with Gasteiger partial charge in [-0.15, -0.1) is 0 Å². The molecule has 0 aliphatic rings. The fraction of sp³-hybridized carbons (Fsp3) is 0.154. The maximum atomic E-state index is 5.89. The van der Waals surface area contributed by atoms with Gasteiger partial charge in [0.05, 0.1) is 12.4 Å². The van der Waals surface area contributed by atoms with Crippen molar-refractivity contribution in [2.75, 3.05) is 5.32 Å². The van der Waals surface area contributed by atoms with Crippen molar-refractivity contribution in [3.05, 3.63) is 47.5 Å². The van der Waals surface area contributed by atoms with Crippen LogP contribution in [0, 0.1) is 0 Å². The third-order valence-corrected chi connectivity index (χ3v) is 3.20. The summed E-state index contributed by atoms with van der Waals surface area (Å²) in [5.41, 5.74) is 2.60. The van der Waals surface area contributed by atoms with Gasteiger partial charge in [0.1, 0.15) is 11.8 Å². The highest BCUT2D eigenvalue weighted by Crippen LogP contribution is 2.22. The van der Waals surface area contributed by atoms with E-state index in [1.54, 1.807) is 6.33 Å². The molecule has 1 aromatic carbocycles. The van der Waals surface area contributed by atoms with Gasteiger partial charge in [0, 0.05) is 5.02 Å². The Morgan fingerprint density at radius 2 is 1.95 bits per heavy atom. The van der Waals surface area contributed by atoms with Crippen LogP contribution in [0.2, 0.25) is 5.02 Å². The summed E-state index contributed by atoms with van der Waals surface area (Å²) < 4.78 is 0. The summed E-state index contributed by atoms with van der Waals surface area (Å²) in [5, 5.41) is 4.07. The second-order valence-electron chi connectivity index (χ2n) is 4.24. The number of fused-ring (bicyclic) bond motifs is 1. The first-order valence-electron chi connectivity index (χ1n) is 5.90. The molecule has 0 saturated heterocycles. The van der Waals surface area contributed by atoms with Crippen molar-refractivity contribution >= 4 is 28.6 Å². The molecule has 5 nitrogen and oxygen atoms in total. The van der Waals surface area contributed by atoms with Crippen molar-refractivity contribution < 1.29 is 0 Å². The van der Waals surface area contributed by atoms with E-state index in [1.165, 1.54) is 6.33 Å². The van der Waals surface area contributed by atoms with E-state index in [2.05, 4.69) is 32.2 Å². The van der Waals surface area contributed by atoms with Crippen molar-refractivity contribution in [3.63, 3.8) is 0 Å². The average molecular weight is 274 g/mol. The Morgan fingerprint density at radius 3 is 2.74 bits per heavy atom. The number of imidazole rings is 1. The summed E-state index contributed by atoms with van der Waals surface area (Å²) >= 11 is 5.89. The van der Waals surface area contributed by atoms with E-state index in [0.717, 1.165) is 21.9 Å². The zero-order valence-corrected chi connectivity index (χ0v) is 11.0. The molecule has 19 heavy (non-hydrogen) atoms. The number of anilines is 1. The molecular formula is C13H12ClN5. The van der Waals surface area contributed by atoms with Crippen LogP contribution < -0.4 is 5.32 Å².